The number of urea groups is 1. The lowest BCUT2D eigenvalue weighted by Gasteiger charge is -2.50. The van der Waals surface area contributed by atoms with E-state index >= 15 is 0 Å². The number of anilines is 2. The van der Waals surface area contributed by atoms with Gasteiger partial charge in [-0.15, -0.1) is 0 Å². The van der Waals surface area contributed by atoms with Crippen molar-refractivity contribution in [1.29, 1.82) is 0 Å². The monoisotopic (exact) mass is 543 g/mol. The van der Waals surface area contributed by atoms with Crippen LogP contribution in [0.5, 0.6) is 5.75 Å². The van der Waals surface area contributed by atoms with Crippen LogP contribution in [0.4, 0.5) is 16.2 Å². The standard InChI is InChI=1S/C26H33N5O8/c1-6-28-25(38)29-13-9-14(30(2)3)11-7-10-8-12-18(31(4)5)21(34)17(24(27)37)23(36)26(12,39)22(35)15(10)20(33)16(11)19(13)32/h9-10,12,18,32-33,36,39H,6-8H2,1-5H3,(H2,27,37)(H2,28,29,38)/t10-,12-,18-,26-/m0/s1. The third-order valence-electron chi connectivity index (χ3n) is 7.76. The third-order valence-corrected chi connectivity index (χ3v) is 7.76. The van der Waals surface area contributed by atoms with Crippen molar-refractivity contribution in [2.75, 3.05) is 45.0 Å². The molecule has 0 aromatic heterocycles. The molecule has 3 amide bonds. The lowest BCUT2D eigenvalue weighted by Crippen LogP contribution is -2.65. The number of likely N-dealkylation sites (N-methyl/N-ethyl adjacent to an activating group) is 1. The normalized spacial score (nSPS) is 26.2. The fourth-order valence-corrected chi connectivity index (χ4v) is 6.11. The van der Waals surface area contributed by atoms with Gasteiger partial charge in [0.15, 0.2) is 17.1 Å². The first kappa shape index (κ1) is 27.9. The summed E-state index contributed by atoms with van der Waals surface area (Å²) in [6.07, 6.45) is 0.120. The van der Waals surface area contributed by atoms with E-state index in [2.05, 4.69) is 10.6 Å². The molecule has 1 aromatic rings. The number of primary amides is 1. The number of nitrogens with zero attached hydrogens (tertiary/aromatic N) is 2. The summed E-state index contributed by atoms with van der Waals surface area (Å²) >= 11 is 0. The summed E-state index contributed by atoms with van der Waals surface area (Å²) in [5.41, 5.74) is 2.40. The smallest absolute Gasteiger partial charge is 0.319 e. The van der Waals surface area contributed by atoms with E-state index in [4.69, 9.17) is 5.73 Å². The zero-order chi connectivity index (χ0) is 29.1. The van der Waals surface area contributed by atoms with Crippen LogP contribution in [0.25, 0.3) is 5.76 Å². The molecule has 4 rings (SSSR count). The van der Waals surface area contributed by atoms with Gasteiger partial charge in [-0.05, 0) is 51.4 Å². The van der Waals surface area contributed by atoms with Gasteiger partial charge in [0, 0.05) is 37.8 Å². The van der Waals surface area contributed by atoms with Crippen LogP contribution in [0.1, 0.15) is 24.5 Å². The number of benzene rings is 1. The molecule has 1 aromatic carbocycles. The molecule has 4 atom stereocenters. The Morgan fingerprint density at radius 2 is 1.79 bits per heavy atom. The van der Waals surface area contributed by atoms with Crippen molar-refractivity contribution in [3.05, 3.63) is 34.1 Å². The van der Waals surface area contributed by atoms with Crippen molar-refractivity contribution in [1.82, 2.24) is 10.2 Å². The lowest BCUT2D eigenvalue weighted by atomic mass is 9.57. The largest absolute Gasteiger partial charge is 0.508 e. The number of aromatic hydroxyl groups is 1. The minimum absolute atomic E-state index is 0.0156. The van der Waals surface area contributed by atoms with Gasteiger partial charge in [-0.25, -0.2) is 4.79 Å². The molecular weight excluding hydrogens is 510 g/mol. The van der Waals surface area contributed by atoms with Gasteiger partial charge >= 0.3 is 6.03 Å². The number of amides is 3. The Labute approximate surface area is 224 Å². The van der Waals surface area contributed by atoms with Gasteiger partial charge in [0.25, 0.3) is 5.91 Å². The number of ketones is 2. The zero-order valence-corrected chi connectivity index (χ0v) is 22.3. The van der Waals surface area contributed by atoms with Gasteiger partial charge in [-0.2, -0.15) is 0 Å². The highest BCUT2D eigenvalue weighted by atomic mass is 16.3. The molecule has 3 aliphatic rings. The lowest BCUT2D eigenvalue weighted by molar-refractivity contribution is -0.153. The topological polar surface area (TPSA) is 206 Å². The number of rotatable bonds is 5. The minimum Gasteiger partial charge on any atom is -0.508 e. The van der Waals surface area contributed by atoms with E-state index in [1.54, 1.807) is 46.1 Å². The van der Waals surface area contributed by atoms with E-state index < -0.39 is 69.8 Å². The number of nitrogens with one attached hydrogen (secondary N) is 2. The molecule has 1 saturated carbocycles. The second-order valence-electron chi connectivity index (χ2n) is 10.5. The molecule has 0 aliphatic heterocycles. The Kier molecular flexibility index (Phi) is 6.86. The summed E-state index contributed by atoms with van der Waals surface area (Å²) in [5.74, 6) is -7.35. The van der Waals surface area contributed by atoms with E-state index in [0.29, 0.717) is 17.8 Å². The van der Waals surface area contributed by atoms with E-state index in [0.717, 1.165) is 0 Å². The second kappa shape index (κ2) is 9.58. The maximum absolute atomic E-state index is 14.0. The predicted octanol–water partition coefficient (Wildman–Crippen LogP) is 0.171. The molecule has 13 heteroatoms. The summed E-state index contributed by atoms with van der Waals surface area (Å²) in [7, 11) is 6.55. The fourth-order valence-electron chi connectivity index (χ4n) is 6.11. The maximum Gasteiger partial charge on any atom is 0.319 e. The minimum atomic E-state index is -2.72. The summed E-state index contributed by atoms with van der Waals surface area (Å²) in [5, 5.41) is 50.3. The van der Waals surface area contributed by atoms with Crippen LogP contribution < -0.4 is 21.3 Å². The van der Waals surface area contributed by atoms with Crippen LogP contribution in [0.2, 0.25) is 0 Å². The molecule has 0 radical (unpaired) electrons. The molecule has 3 aliphatic carbocycles. The van der Waals surface area contributed by atoms with Crippen molar-refractivity contribution >= 4 is 40.6 Å². The number of carbonyl (C=O) groups is 4. The van der Waals surface area contributed by atoms with Crippen molar-refractivity contribution < 1.29 is 39.6 Å². The van der Waals surface area contributed by atoms with Gasteiger partial charge in [0.1, 0.15) is 17.1 Å². The van der Waals surface area contributed by atoms with E-state index in [1.807, 2.05) is 0 Å². The van der Waals surface area contributed by atoms with Gasteiger partial charge in [-0.1, -0.05) is 0 Å². The van der Waals surface area contributed by atoms with Gasteiger partial charge in [0.2, 0.25) is 5.78 Å². The average molecular weight is 544 g/mol. The predicted molar refractivity (Wildman–Crippen MR) is 141 cm³/mol. The zero-order valence-electron chi connectivity index (χ0n) is 22.3. The number of aliphatic hydroxyl groups is 3. The van der Waals surface area contributed by atoms with E-state index in [1.165, 1.54) is 4.90 Å². The number of nitrogens with two attached hydrogens (primary N) is 1. The highest BCUT2D eigenvalue weighted by Gasteiger charge is 2.64. The van der Waals surface area contributed by atoms with Crippen LogP contribution in [0.15, 0.2) is 23.0 Å². The molecular formula is C26H33N5O8. The Hall–Kier alpha value is -4.10. The summed E-state index contributed by atoms with van der Waals surface area (Å²) in [6.45, 7) is 2.04. The molecule has 39 heavy (non-hydrogen) atoms. The molecule has 8 N–H and O–H groups in total. The van der Waals surface area contributed by atoms with Crippen LogP contribution in [-0.4, -0.2) is 95.2 Å². The van der Waals surface area contributed by atoms with Crippen molar-refractivity contribution in [3.63, 3.8) is 0 Å². The van der Waals surface area contributed by atoms with E-state index in [9.17, 15) is 39.6 Å². The molecule has 13 nitrogen and oxygen atoms in total. The second-order valence-corrected chi connectivity index (χ2v) is 10.5. The third kappa shape index (κ3) is 4.00. The molecule has 1 fully saturated rings. The first-order valence-electron chi connectivity index (χ1n) is 12.4. The Bertz CT molecular complexity index is 1360. The maximum atomic E-state index is 14.0. The Morgan fingerprint density at radius 1 is 1.15 bits per heavy atom. The Balaban J connectivity index is 1.97. The van der Waals surface area contributed by atoms with Gasteiger partial charge in [-0.3, -0.25) is 19.3 Å². The number of Topliss-reactive ketones (excluding diaryl/α,β-unsaturated/α-hetero) is 2. The molecule has 0 saturated heterocycles. The molecule has 0 heterocycles. The van der Waals surface area contributed by atoms with Crippen molar-refractivity contribution in [2.45, 2.75) is 31.4 Å². The average Bonchev–Trinajstić information content (AvgIpc) is 2.82. The van der Waals surface area contributed by atoms with Gasteiger partial charge < -0.3 is 41.7 Å². The number of phenols is 1. The highest BCUT2D eigenvalue weighted by molar-refractivity contribution is 6.24. The molecule has 0 unspecified atom stereocenters. The Morgan fingerprint density at radius 3 is 2.33 bits per heavy atom. The first-order chi connectivity index (χ1) is 18.2. The number of phenolic OH excluding ortho intramolecular Hbond substituents is 1. The number of aliphatic hydroxyl groups excluding tert-OH is 2. The van der Waals surface area contributed by atoms with Crippen LogP contribution in [0, 0.1) is 11.8 Å². The summed E-state index contributed by atoms with van der Waals surface area (Å²) in [6, 6.07) is -0.212. The molecule has 0 bridgehead atoms. The first-order valence-corrected chi connectivity index (χ1v) is 12.4. The van der Waals surface area contributed by atoms with E-state index in [-0.39, 0.29) is 29.7 Å². The summed E-state index contributed by atoms with van der Waals surface area (Å²) in [4.78, 5) is 54.6. The van der Waals surface area contributed by atoms with Crippen LogP contribution >= 0.6 is 0 Å². The number of hydrogen-bond acceptors (Lipinski definition) is 10. The highest BCUT2D eigenvalue weighted by Crippen LogP contribution is 2.54. The van der Waals surface area contributed by atoms with Crippen LogP contribution in [-0.2, 0) is 20.8 Å². The molecule has 210 valence electrons. The van der Waals surface area contributed by atoms with Gasteiger partial charge in [0.05, 0.1) is 17.3 Å². The quantitative estimate of drug-likeness (QED) is 0.198. The summed E-state index contributed by atoms with van der Waals surface area (Å²) < 4.78 is 0. The van der Waals surface area contributed by atoms with Crippen LogP contribution in [0.3, 0.4) is 0 Å². The number of hydrogen-bond donors (Lipinski definition) is 7. The SMILES string of the molecule is CCNC(=O)Nc1cc(N(C)C)c2c(c1O)C(O)=C1C(=O)[C@]3(O)C(O)=C(C(N)=O)C(=O)[C@@H](N(C)C)[C@@H]3C[C@@H]1C2. The fraction of sp³-hybridized carbons (Fsp3) is 0.462. The number of carbonyl (C=O) groups excluding carboxylic acids is 4. The van der Waals surface area contributed by atoms with Crippen molar-refractivity contribution in [3.8, 4) is 5.75 Å². The number of fused-ring (bicyclic) bond motifs is 3. The molecule has 0 spiro atoms. The van der Waals surface area contributed by atoms with Crippen molar-refractivity contribution in [2.24, 2.45) is 17.6 Å².